The van der Waals surface area contributed by atoms with E-state index in [1.165, 1.54) is 10.9 Å². The van der Waals surface area contributed by atoms with Crippen LogP contribution in [-0.2, 0) is 6.54 Å². The highest BCUT2D eigenvalue weighted by Crippen LogP contribution is 2.19. The molecular formula is C18H19N3O2. The van der Waals surface area contributed by atoms with Crippen LogP contribution in [0.1, 0.15) is 15.9 Å². The molecule has 5 heteroatoms. The summed E-state index contributed by atoms with van der Waals surface area (Å²) in [6.45, 7) is 0.868. The fraction of sp³-hybridized carbons (Fsp3) is 0.167. The third kappa shape index (κ3) is 3.52. The number of hydrogen-bond acceptors (Lipinski definition) is 3. The van der Waals surface area contributed by atoms with Crippen LogP contribution in [0.2, 0.25) is 0 Å². The average Bonchev–Trinajstić information content (AvgIpc) is 3.07. The van der Waals surface area contributed by atoms with Crippen molar-refractivity contribution in [2.75, 3.05) is 18.5 Å². The number of aliphatic hydroxyl groups is 1. The number of carbonyl (C=O) groups excluding carboxylic acids is 1. The smallest absolute Gasteiger partial charge is 0.251 e. The highest BCUT2D eigenvalue weighted by atomic mass is 16.3. The number of rotatable bonds is 6. The summed E-state index contributed by atoms with van der Waals surface area (Å²) in [5.74, 6) is -0.185. The first-order chi connectivity index (χ1) is 11.3. The molecule has 118 valence electrons. The number of benzene rings is 2. The van der Waals surface area contributed by atoms with Crippen molar-refractivity contribution in [3.63, 3.8) is 0 Å². The van der Waals surface area contributed by atoms with Gasteiger partial charge in [0.15, 0.2) is 0 Å². The first kappa shape index (κ1) is 15.1. The van der Waals surface area contributed by atoms with Gasteiger partial charge in [-0.25, -0.2) is 0 Å². The van der Waals surface area contributed by atoms with Crippen LogP contribution in [0.4, 0.5) is 5.69 Å². The number of amides is 1. The normalized spacial score (nSPS) is 10.7. The third-order valence-electron chi connectivity index (χ3n) is 3.69. The zero-order chi connectivity index (χ0) is 16.1. The lowest BCUT2D eigenvalue weighted by Gasteiger charge is -2.10. The van der Waals surface area contributed by atoms with Gasteiger partial charge in [-0.1, -0.05) is 18.2 Å². The zero-order valence-corrected chi connectivity index (χ0v) is 12.7. The number of anilines is 1. The number of hydrogen-bond donors (Lipinski definition) is 4. The van der Waals surface area contributed by atoms with Crippen LogP contribution >= 0.6 is 0 Å². The van der Waals surface area contributed by atoms with E-state index >= 15 is 0 Å². The van der Waals surface area contributed by atoms with Crippen molar-refractivity contribution in [3.05, 3.63) is 65.9 Å². The molecule has 3 aromatic rings. The lowest BCUT2D eigenvalue weighted by Crippen LogP contribution is -2.26. The minimum atomic E-state index is -0.185. The summed E-state index contributed by atoms with van der Waals surface area (Å²) in [7, 11) is 0. The van der Waals surface area contributed by atoms with Crippen molar-refractivity contribution in [2.45, 2.75) is 6.54 Å². The lowest BCUT2D eigenvalue weighted by molar-refractivity contribution is 0.0945. The van der Waals surface area contributed by atoms with E-state index in [2.05, 4.69) is 27.8 Å². The van der Waals surface area contributed by atoms with Gasteiger partial charge in [0.05, 0.1) is 6.61 Å². The van der Waals surface area contributed by atoms with Gasteiger partial charge < -0.3 is 20.7 Å². The van der Waals surface area contributed by atoms with Crippen LogP contribution in [0.25, 0.3) is 10.9 Å². The van der Waals surface area contributed by atoms with Gasteiger partial charge in [-0.05, 0) is 35.9 Å². The predicted octanol–water partition coefficient (Wildman–Crippen LogP) is 2.50. The molecule has 0 aliphatic heterocycles. The summed E-state index contributed by atoms with van der Waals surface area (Å²) in [6, 6.07) is 15.5. The van der Waals surface area contributed by atoms with Crippen molar-refractivity contribution in [1.29, 1.82) is 0 Å². The number of carbonyl (C=O) groups is 1. The van der Waals surface area contributed by atoms with E-state index in [1.807, 2.05) is 36.5 Å². The van der Waals surface area contributed by atoms with Crippen molar-refractivity contribution in [1.82, 2.24) is 10.3 Å². The molecular weight excluding hydrogens is 290 g/mol. The van der Waals surface area contributed by atoms with Gasteiger partial charge in [0.2, 0.25) is 0 Å². The molecule has 0 atom stereocenters. The topological polar surface area (TPSA) is 77.2 Å². The number of aromatic nitrogens is 1. The van der Waals surface area contributed by atoms with Gasteiger partial charge >= 0.3 is 0 Å². The zero-order valence-electron chi connectivity index (χ0n) is 12.7. The van der Waals surface area contributed by atoms with Crippen molar-refractivity contribution in [2.24, 2.45) is 0 Å². The van der Waals surface area contributed by atoms with E-state index < -0.39 is 0 Å². The van der Waals surface area contributed by atoms with Gasteiger partial charge in [-0.2, -0.15) is 0 Å². The van der Waals surface area contributed by atoms with E-state index in [0.29, 0.717) is 12.1 Å². The summed E-state index contributed by atoms with van der Waals surface area (Å²) in [5.41, 5.74) is 3.76. The Morgan fingerprint density at radius 1 is 1.13 bits per heavy atom. The van der Waals surface area contributed by atoms with Gasteiger partial charge in [0.1, 0.15) is 0 Å². The highest BCUT2D eigenvalue weighted by Gasteiger charge is 2.06. The molecule has 1 aromatic heterocycles. The number of aliphatic hydroxyl groups excluding tert-OH is 1. The molecule has 23 heavy (non-hydrogen) atoms. The quantitative estimate of drug-likeness (QED) is 0.565. The number of nitrogens with one attached hydrogen (secondary N) is 3. The van der Waals surface area contributed by atoms with Crippen molar-refractivity contribution in [3.8, 4) is 0 Å². The third-order valence-corrected chi connectivity index (χ3v) is 3.69. The summed E-state index contributed by atoms with van der Waals surface area (Å²) >= 11 is 0. The van der Waals surface area contributed by atoms with Crippen LogP contribution in [0.5, 0.6) is 0 Å². The maximum atomic E-state index is 11.9. The standard InChI is InChI=1S/C18H19N3O2/c22-10-9-20-18(23)13-3-1-5-15(11-13)21-12-14-4-2-6-17-16(14)7-8-19-17/h1-8,11,19,21-22H,9-10,12H2,(H,20,23). The fourth-order valence-corrected chi connectivity index (χ4v) is 2.54. The molecule has 0 saturated carbocycles. The van der Waals surface area contributed by atoms with E-state index in [-0.39, 0.29) is 19.1 Å². The first-order valence-corrected chi connectivity index (χ1v) is 7.56. The van der Waals surface area contributed by atoms with E-state index in [4.69, 9.17) is 5.11 Å². The molecule has 0 aliphatic carbocycles. The van der Waals surface area contributed by atoms with Crippen molar-refractivity contribution < 1.29 is 9.90 Å². The van der Waals surface area contributed by atoms with E-state index in [0.717, 1.165) is 11.2 Å². The van der Waals surface area contributed by atoms with Crippen LogP contribution in [-0.4, -0.2) is 29.1 Å². The van der Waals surface area contributed by atoms with Crippen molar-refractivity contribution >= 4 is 22.5 Å². The van der Waals surface area contributed by atoms with Crippen LogP contribution in [0, 0.1) is 0 Å². The Kier molecular flexibility index (Phi) is 4.59. The number of fused-ring (bicyclic) bond motifs is 1. The Balaban J connectivity index is 1.71. The van der Waals surface area contributed by atoms with Gasteiger partial charge in [0, 0.05) is 41.4 Å². The molecule has 5 nitrogen and oxygen atoms in total. The molecule has 0 spiro atoms. The monoisotopic (exact) mass is 309 g/mol. The highest BCUT2D eigenvalue weighted by molar-refractivity contribution is 5.95. The molecule has 0 aliphatic rings. The molecule has 1 amide bonds. The molecule has 0 fully saturated rings. The Hall–Kier alpha value is -2.79. The minimum Gasteiger partial charge on any atom is -0.395 e. The van der Waals surface area contributed by atoms with Crippen LogP contribution in [0.3, 0.4) is 0 Å². The molecule has 0 radical (unpaired) electrons. The largest absolute Gasteiger partial charge is 0.395 e. The molecule has 3 rings (SSSR count). The molecule has 2 aromatic carbocycles. The first-order valence-electron chi connectivity index (χ1n) is 7.56. The predicted molar refractivity (Wildman–Crippen MR) is 91.5 cm³/mol. The van der Waals surface area contributed by atoms with Gasteiger partial charge in [0.25, 0.3) is 5.91 Å². The molecule has 0 saturated heterocycles. The SMILES string of the molecule is O=C(NCCO)c1cccc(NCc2cccc3[nH]ccc23)c1. The fourth-order valence-electron chi connectivity index (χ4n) is 2.54. The molecule has 4 N–H and O–H groups in total. The second-order valence-electron chi connectivity index (χ2n) is 5.27. The van der Waals surface area contributed by atoms with Gasteiger partial charge in [-0.3, -0.25) is 4.79 Å². The molecule has 0 unspecified atom stereocenters. The maximum absolute atomic E-state index is 11.9. The van der Waals surface area contributed by atoms with E-state index in [9.17, 15) is 4.79 Å². The average molecular weight is 309 g/mol. The summed E-state index contributed by atoms with van der Waals surface area (Å²) in [6.07, 6.45) is 1.93. The summed E-state index contributed by atoms with van der Waals surface area (Å²) < 4.78 is 0. The summed E-state index contributed by atoms with van der Waals surface area (Å²) in [4.78, 5) is 15.1. The van der Waals surface area contributed by atoms with E-state index in [1.54, 1.807) is 6.07 Å². The Morgan fingerprint density at radius 2 is 2.00 bits per heavy atom. The Labute approximate surface area is 134 Å². The van der Waals surface area contributed by atoms with Crippen LogP contribution < -0.4 is 10.6 Å². The van der Waals surface area contributed by atoms with Gasteiger partial charge in [-0.15, -0.1) is 0 Å². The second kappa shape index (κ2) is 6.98. The summed E-state index contributed by atoms with van der Waals surface area (Å²) in [5, 5.41) is 16.0. The number of aromatic amines is 1. The number of H-pyrrole nitrogens is 1. The second-order valence-corrected chi connectivity index (χ2v) is 5.27. The molecule has 0 bridgehead atoms. The maximum Gasteiger partial charge on any atom is 0.251 e. The minimum absolute atomic E-state index is 0.0651. The lowest BCUT2D eigenvalue weighted by atomic mass is 10.1. The Bertz CT molecular complexity index is 811. The molecule has 1 heterocycles. The Morgan fingerprint density at radius 3 is 2.87 bits per heavy atom. The van der Waals surface area contributed by atoms with Crippen LogP contribution in [0.15, 0.2) is 54.7 Å².